The average molecular weight is 497 g/mol. The molecule has 9 heteroatoms. The Morgan fingerprint density at radius 1 is 1.06 bits per heavy atom. The van der Waals surface area contributed by atoms with Gasteiger partial charge in [0, 0.05) is 48.8 Å². The van der Waals surface area contributed by atoms with Gasteiger partial charge in [-0.3, -0.25) is 9.69 Å². The molecule has 2 fully saturated rings. The Labute approximate surface area is 208 Å². The lowest BCUT2D eigenvalue weighted by molar-refractivity contribution is -0.135. The maximum absolute atomic E-state index is 12.8. The summed E-state index contributed by atoms with van der Waals surface area (Å²) in [4.78, 5) is 21.4. The van der Waals surface area contributed by atoms with Gasteiger partial charge in [0.25, 0.3) is 5.91 Å². The molecule has 2 aromatic carbocycles. The number of thioether (sulfide) groups is 2. The normalized spacial score (nSPS) is 17.3. The first-order chi connectivity index (χ1) is 16.7. The fraction of sp³-hybridized carbons (Fsp3) is 0.400. The second-order valence-electron chi connectivity index (χ2n) is 8.43. The van der Waals surface area contributed by atoms with E-state index in [4.69, 9.17) is 9.26 Å². The van der Waals surface area contributed by atoms with E-state index in [9.17, 15) is 4.79 Å². The van der Waals surface area contributed by atoms with Gasteiger partial charge in [-0.15, -0.1) is 23.5 Å². The summed E-state index contributed by atoms with van der Waals surface area (Å²) < 4.78 is 11.8. The van der Waals surface area contributed by atoms with Crippen molar-refractivity contribution >= 4 is 29.4 Å². The lowest BCUT2D eigenvalue weighted by Crippen LogP contribution is -2.49. The van der Waals surface area contributed by atoms with Gasteiger partial charge >= 0.3 is 0 Å². The summed E-state index contributed by atoms with van der Waals surface area (Å²) in [5, 5.41) is 4.12. The van der Waals surface area contributed by atoms with E-state index in [2.05, 4.69) is 28.0 Å². The maximum Gasteiger partial charge on any atom is 0.260 e. The Bertz CT molecular complexity index is 1110. The molecule has 0 atom stereocenters. The largest absolute Gasteiger partial charge is 0.483 e. The van der Waals surface area contributed by atoms with E-state index in [-0.39, 0.29) is 12.5 Å². The minimum atomic E-state index is 0.0284. The minimum Gasteiger partial charge on any atom is -0.483 e. The van der Waals surface area contributed by atoms with Crippen molar-refractivity contribution in [3.05, 3.63) is 65.5 Å². The number of amides is 1. The van der Waals surface area contributed by atoms with E-state index in [1.165, 1.54) is 11.1 Å². The van der Waals surface area contributed by atoms with E-state index < -0.39 is 0 Å². The highest BCUT2D eigenvalue weighted by Gasteiger charge is 2.25. The SMILES string of the molecule is Cc1ccc(-c2noc(CN3CCN(C(=O)COc4ccccc4C4SCCS4)CC3)n2)cc1. The molecule has 178 valence electrons. The third-order valence-electron chi connectivity index (χ3n) is 6.01. The van der Waals surface area contributed by atoms with Gasteiger partial charge in [-0.05, 0) is 13.0 Å². The van der Waals surface area contributed by atoms with Gasteiger partial charge in [0.05, 0.1) is 11.1 Å². The van der Waals surface area contributed by atoms with Crippen LogP contribution in [0.1, 0.15) is 21.6 Å². The summed E-state index contributed by atoms with van der Waals surface area (Å²) in [6.07, 6.45) is 0. The molecule has 7 nitrogen and oxygen atoms in total. The van der Waals surface area contributed by atoms with E-state index in [1.54, 1.807) is 0 Å². The molecule has 0 unspecified atom stereocenters. The zero-order chi connectivity index (χ0) is 23.3. The van der Waals surface area contributed by atoms with Crippen LogP contribution in [0, 0.1) is 6.92 Å². The Morgan fingerprint density at radius 3 is 2.56 bits per heavy atom. The van der Waals surface area contributed by atoms with Crippen molar-refractivity contribution in [1.82, 2.24) is 19.9 Å². The average Bonchev–Trinajstić information content (AvgIpc) is 3.56. The fourth-order valence-electron chi connectivity index (χ4n) is 4.06. The van der Waals surface area contributed by atoms with Crippen LogP contribution in [-0.4, -0.2) is 70.1 Å². The predicted octanol–water partition coefficient (Wildman–Crippen LogP) is 4.25. The van der Waals surface area contributed by atoms with Gasteiger partial charge in [-0.25, -0.2) is 0 Å². The highest BCUT2D eigenvalue weighted by atomic mass is 32.2. The van der Waals surface area contributed by atoms with E-state index >= 15 is 0 Å². The Morgan fingerprint density at radius 2 is 1.79 bits per heavy atom. The number of benzene rings is 2. The van der Waals surface area contributed by atoms with Crippen molar-refractivity contribution in [2.75, 3.05) is 44.3 Å². The number of carbonyl (C=O) groups is 1. The molecular weight excluding hydrogens is 468 g/mol. The van der Waals surface area contributed by atoms with Crippen molar-refractivity contribution in [3.8, 4) is 17.1 Å². The van der Waals surface area contributed by atoms with Gasteiger partial charge in [-0.2, -0.15) is 4.98 Å². The van der Waals surface area contributed by atoms with E-state index in [0.29, 0.717) is 35.9 Å². The van der Waals surface area contributed by atoms with Crippen molar-refractivity contribution < 1.29 is 14.1 Å². The van der Waals surface area contributed by atoms with Gasteiger partial charge in [0.2, 0.25) is 11.7 Å². The van der Waals surface area contributed by atoms with E-state index in [0.717, 1.165) is 35.9 Å². The van der Waals surface area contributed by atoms with Crippen molar-refractivity contribution in [1.29, 1.82) is 0 Å². The lowest BCUT2D eigenvalue weighted by Gasteiger charge is -2.33. The highest BCUT2D eigenvalue weighted by molar-refractivity contribution is 8.19. The van der Waals surface area contributed by atoms with Crippen LogP contribution in [-0.2, 0) is 11.3 Å². The first kappa shape index (κ1) is 23.3. The second kappa shape index (κ2) is 10.8. The third-order valence-corrected chi connectivity index (χ3v) is 9.08. The molecular formula is C25H28N4O3S2. The molecule has 3 aromatic rings. The molecule has 2 saturated heterocycles. The van der Waals surface area contributed by atoms with Crippen LogP contribution in [0.4, 0.5) is 0 Å². The minimum absolute atomic E-state index is 0.0284. The van der Waals surface area contributed by atoms with Gasteiger partial charge in [0.1, 0.15) is 5.75 Å². The smallest absolute Gasteiger partial charge is 0.260 e. The first-order valence-corrected chi connectivity index (χ1v) is 13.6. The van der Waals surface area contributed by atoms with Crippen LogP contribution in [0.15, 0.2) is 53.1 Å². The summed E-state index contributed by atoms with van der Waals surface area (Å²) in [7, 11) is 0. The molecule has 3 heterocycles. The predicted molar refractivity (Wildman–Crippen MR) is 136 cm³/mol. The Balaban J connectivity index is 1.10. The van der Waals surface area contributed by atoms with Gasteiger partial charge in [-0.1, -0.05) is 53.2 Å². The highest BCUT2D eigenvalue weighted by Crippen LogP contribution is 2.48. The molecule has 0 aliphatic carbocycles. The number of aromatic nitrogens is 2. The number of carbonyl (C=O) groups excluding carboxylic acids is 1. The molecule has 0 radical (unpaired) electrons. The molecule has 0 spiro atoms. The van der Waals surface area contributed by atoms with Crippen molar-refractivity contribution in [2.24, 2.45) is 0 Å². The zero-order valence-corrected chi connectivity index (χ0v) is 20.8. The molecule has 5 rings (SSSR count). The molecule has 0 bridgehead atoms. The molecule has 2 aliphatic heterocycles. The standard InChI is InChI=1S/C25H28N4O3S2/c1-18-6-8-19(9-7-18)24-26-22(32-27-24)16-28-10-12-29(13-11-28)23(30)17-31-21-5-3-2-4-20(21)25-33-14-15-34-25/h2-9,25H,10-17H2,1H3. The number of nitrogens with zero attached hydrogens (tertiary/aromatic N) is 4. The summed E-state index contributed by atoms with van der Waals surface area (Å²) in [6, 6.07) is 16.2. The molecule has 0 saturated carbocycles. The van der Waals surface area contributed by atoms with Crippen LogP contribution >= 0.6 is 23.5 Å². The lowest BCUT2D eigenvalue weighted by atomic mass is 10.1. The summed E-state index contributed by atoms with van der Waals surface area (Å²) in [5.74, 6) is 4.37. The number of para-hydroxylation sites is 1. The van der Waals surface area contributed by atoms with Crippen molar-refractivity contribution in [3.63, 3.8) is 0 Å². The number of hydrogen-bond acceptors (Lipinski definition) is 8. The quantitative estimate of drug-likeness (QED) is 0.481. The number of aryl methyl sites for hydroxylation is 1. The molecule has 0 N–H and O–H groups in total. The number of hydrogen-bond donors (Lipinski definition) is 0. The van der Waals surface area contributed by atoms with Gasteiger partial charge < -0.3 is 14.2 Å². The number of piperazine rings is 1. The monoisotopic (exact) mass is 496 g/mol. The summed E-state index contributed by atoms with van der Waals surface area (Å²) >= 11 is 3.88. The van der Waals surface area contributed by atoms with Crippen LogP contribution in [0.3, 0.4) is 0 Å². The van der Waals surface area contributed by atoms with Crippen LogP contribution in [0.25, 0.3) is 11.4 Å². The Kier molecular flexibility index (Phi) is 7.42. The first-order valence-electron chi connectivity index (χ1n) is 11.5. The summed E-state index contributed by atoms with van der Waals surface area (Å²) in [5.41, 5.74) is 3.32. The Hall–Kier alpha value is -2.49. The number of rotatable bonds is 7. The van der Waals surface area contributed by atoms with Crippen LogP contribution < -0.4 is 4.74 Å². The number of ether oxygens (including phenoxy) is 1. The fourth-order valence-corrected chi connectivity index (χ4v) is 6.97. The topological polar surface area (TPSA) is 71.7 Å². The second-order valence-corrected chi connectivity index (χ2v) is 11.2. The van der Waals surface area contributed by atoms with E-state index in [1.807, 2.05) is 70.9 Å². The maximum atomic E-state index is 12.8. The molecule has 1 aromatic heterocycles. The molecule has 2 aliphatic rings. The third kappa shape index (κ3) is 5.59. The van der Waals surface area contributed by atoms with Crippen molar-refractivity contribution in [2.45, 2.75) is 18.1 Å². The molecule has 1 amide bonds. The van der Waals surface area contributed by atoms with Gasteiger partial charge in [0.15, 0.2) is 6.61 Å². The van der Waals surface area contributed by atoms with Crippen LogP contribution in [0.5, 0.6) is 5.75 Å². The zero-order valence-electron chi connectivity index (χ0n) is 19.2. The van der Waals surface area contributed by atoms with Crippen LogP contribution in [0.2, 0.25) is 0 Å². The summed E-state index contributed by atoms with van der Waals surface area (Å²) in [6.45, 7) is 5.56. The molecule has 34 heavy (non-hydrogen) atoms.